The van der Waals surface area contributed by atoms with Gasteiger partial charge in [-0.2, -0.15) is 0 Å². The zero-order valence-corrected chi connectivity index (χ0v) is 21.6. The summed E-state index contributed by atoms with van der Waals surface area (Å²) in [5.41, 5.74) is 6.82. The second-order valence-corrected chi connectivity index (χ2v) is 10.4. The van der Waals surface area contributed by atoms with E-state index in [1.165, 1.54) is 52.7 Å². The normalized spacial score (nSPS) is 19.5. The first-order chi connectivity index (χ1) is 18.1. The lowest BCUT2D eigenvalue weighted by atomic mass is 10.0. The van der Waals surface area contributed by atoms with Crippen molar-refractivity contribution in [1.29, 1.82) is 0 Å². The van der Waals surface area contributed by atoms with Crippen LogP contribution in [0.3, 0.4) is 0 Å². The van der Waals surface area contributed by atoms with Gasteiger partial charge >= 0.3 is 11.9 Å². The van der Waals surface area contributed by atoms with E-state index in [-0.39, 0.29) is 23.8 Å². The van der Waals surface area contributed by atoms with Crippen LogP contribution < -0.4 is 11.1 Å². The number of fused-ring (bicyclic) bond motifs is 1. The number of benzene rings is 1. The average Bonchev–Trinajstić information content (AvgIpc) is 3.23. The monoisotopic (exact) mass is 564 g/mol. The molecule has 2 aliphatic heterocycles. The molecular weight excluding hydrogens is 540 g/mol. The molecule has 3 heterocycles. The predicted octanol–water partition coefficient (Wildman–Crippen LogP) is -0.347. The molecule has 1 aromatic carbocycles. The molecule has 2 amide bonds. The Labute approximate surface area is 224 Å². The summed E-state index contributed by atoms with van der Waals surface area (Å²) in [6.07, 6.45) is 0. The van der Waals surface area contributed by atoms with Gasteiger partial charge in [-0.1, -0.05) is 23.9 Å². The van der Waals surface area contributed by atoms with Gasteiger partial charge in [0.25, 0.3) is 5.91 Å². The van der Waals surface area contributed by atoms with Crippen LogP contribution in [0, 0.1) is 0 Å². The summed E-state index contributed by atoms with van der Waals surface area (Å²) in [6.45, 7) is -0.528. The Balaban J connectivity index is 1.40. The van der Waals surface area contributed by atoms with E-state index in [0.717, 1.165) is 0 Å². The van der Waals surface area contributed by atoms with Crippen LogP contribution in [0.1, 0.15) is 17.4 Å². The zero-order chi connectivity index (χ0) is 27.6. The van der Waals surface area contributed by atoms with Gasteiger partial charge in [0.2, 0.25) is 5.91 Å². The SMILES string of the molecule is Cn1c(COCC(=O)O)nnc1SCC1=C(C(=O)O)N2C(=O)C(NC(=O)C(N)c3ccc(O)cc3)[C@H]2SC1. The van der Waals surface area contributed by atoms with Crippen LogP contribution in [-0.2, 0) is 37.6 Å². The number of nitrogens with one attached hydrogen (secondary N) is 1. The topological polar surface area (TPSA) is 210 Å². The van der Waals surface area contributed by atoms with Crippen LogP contribution in [0.4, 0.5) is 0 Å². The number of phenols is 1. The standard InChI is InChI=1S/C22H24N6O8S2/c1-27-13(6-36-7-14(30)31)25-26-22(27)38-9-11-8-37-20-16(19(33)28(20)17(11)21(34)35)24-18(32)15(23)10-2-4-12(29)5-3-10/h2-5,15-16,20,29H,6-9,23H2,1H3,(H,24,32)(H,30,31)(H,34,35)/t15?,16?,20-/m1/s1. The molecule has 0 bridgehead atoms. The number of phenolic OH excluding ortho intramolecular Hbond substituents is 1. The van der Waals surface area contributed by atoms with E-state index >= 15 is 0 Å². The minimum atomic E-state index is -1.26. The highest BCUT2D eigenvalue weighted by molar-refractivity contribution is 8.01. The van der Waals surface area contributed by atoms with Gasteiger partial charge in [-0.15, -0.1) is 22.0 Å². The Bertz CT molecular complexity index is 1300. The molecule has 202 valence electrons. The van der Waals surface area contributed by atoms with E-state index in [2.05, 4.69) is 15.5 Å². The van der Waals surface area contributed by atoms with Crippen LogP contribution in [0.2, 0.25) is 0 Å². The molecule has 2 aromatic rings. The van der Waals surface area contributed by atoms with Crippen molar-refractivity contribution in [3.8, 4) is 5.75 Å². The largest absolute Gasteiger partial charge is 0.508 e. The number of ether oxygens (including phenoxy) is 1. The molecule has 16 heteroatoms. The number of aromatic hydroxyl groups is 1. The van der Waals surface area contributed by atoms with Gasteiger partial charge in [0.1, 0.15) is 42.1 Å². The molecule has 0 saturated carbocycles. The first-order valence-electron chi connectivity index (χ1n) is 11.1. The number of aliphatic carboxylic acids is 2. The lowest BCUT2D eigenvalue weighted by Gasteiger charge is -2.49. The number of rotatable bonds is 11. The van der Waals surface area contributed by atoms with E-state index in [4.69, 9.17) is 15.6 Å². The fourth-order valence-corrected chi connectivity index (χ4v) is 6.26. The first-order valence-corrected chi connectivity index (χ1v) is 13.2. The quantitative estimate of drug-likeness (QED) is 0.175. The number of nitrogens with two attached hydrogens (primary N) is 1. The Morgan fingerprint density at radius 1 is 1.26 bits per heavy atom. The maximum absolute atomic E-state index is 12.9. The van der Waals surface area contributed by atoms with Crippen LogP contribution in [0.25, 0.3) is 0 Å². The van der Waals surface area contributed by atoms with E-state index in [1.807, 2.05) is 0 Å². The summed E-state index contributed by atoms with van der Waals surface area (Å²) in [5, 5.41) is 38.5. The van der Waals surface area contributed by atoms with Gasteiger partial charge in [0.15, 0.2) is 11.0 Å². The number of aromatic nitrogens is 3. The molecule has 3 atom stereocenters. The molecule has 1 aromatic heterocycles. The lowest BCUT2D eigenvalue weighted by Crippen LogP contribution is -2.71. The molecule has 1 fully saturated rings. The van der Waals surface area contributed by atoms with E-state index in [0.29, 0.717) is 27.9 Å². The third-order valence-electron chi connectivity index (χ3n) is 5.84. The molecule has 2 aliphatic rings. The fourth-order valence-electron chi connectivity index (χ4n) is 3.85. The van der Waals surface area contributed by atoms with Crippen molar-refractivity contribution in [2.24, 2.45) is 12.8 Å². The highest BCUT2D eigenvalue weighted by atomic mass is 32.2. The Morgan fingerprint density at radius 3 is 2.63 bits per heavy atom. The van der Waals surface area contributed by atoms with Gasteiger partial charge in [-0.25, -0.2) is 9.59 Å². The number of hydrogen-bond donors (Lipinski definition) is 5. The third kappa shape index (κ3) is 5.62. The Kier molecular flexibility index (Phi) is 8.25. The van der Waals surface area contributed by atoms with Crippen molar-refractivity contribution in [2.45, 2.75) is 29.2 Å². The van der Waals surface area contributed by atoms with Crippen molar-refractivity contribution in [1.82, 2.24) is 25.0 Å². The Hall–Kier alpha value is -3.60. The van der Waals surface area contributed by atoms with Crippen LogP contribution >= 0.6 is 23.5 Å². The van der Waals surface area contributed by atoms with Crippen LogP contribution in [-0.4, -0.2) is 88.3 Å². The van der Waals surface area contributed by atoms with Gasteiger partial charge in [0, 0.05) is 18.6 Å². The minimum absolute atomic E-state index is 0.0242. The summed E-state index contributed by atoms with van der Waals surface area (Å²) in [7, 11) is 1.68. The number of carboxylic acid groups (broad SMARTS) is 2. The third-order valence-corrected chi connectivity index (χ3v) is 8.29. The van der Waals surface area contributed by atoms with Gasteiger partial charge < -0.3 is 35.7 Å². The van der Waals surface area contributed by atoms with E-state index < -0.39 is 47.8 Å². The van der Waals surface area contributed by atoms with Gasteiger partial charge in [-0.05, 0) is 23.3 Å². The summed E-state index contributed by atoms with van der Waals surface area (Å²) in [6, 6.07) is 3.80. The molecule has 0 aliphatic carbocycles. The van der Waals surface area contributed by atoms with E-state index in [9.17, 15) is 29.4 Å². The molecule has 1 saturated heterocycles. The molecule has 6 N–H and O–H groups in total. The molecule has 0 spiro atoms. The van der Waals surface area contributed by atoms with Gasteiger partial charge in [0.05, 0.1) is 0 Å². The molecule has 14 nitrogen and oxygen atoms in total. The molecule has 0 radical (unpaired) electrons. The van der Waals surface area contributed by atoms with Crippen LogP contribution in [0.5, 0.6) is 5.75 Å². The molecule has 4 rings (SSSR count). The average molecular weight is 565 g/mol. The smallest absolute Gasteiger partial charge is 0.352 e. The van der Waals surface area contributed by atoms with Crippen molar-refractivity contribution >= 4 is 47.3 Å². The van der Waals surface area contributed by atoms with E-state index in [1.54, 1.807) is 11.6 Å². The highest BCUT2D eigenvalue weighted by Crippen LogP contribution is 2.41. The first kappa shape index (κ1) is 27.4. The number of carbonyl (C=O) groups excluding carboxylic acids is 2. The second kappa shape index (κ2) is 11.4. The van der Waals surface area contributed by atoms with Crippen molar-refractivity contribution in [2.75, 3.05) is 18.1 Å². The minimum Gasteiger partial charge on any atom is -0.508 e. The lowest BCUT2D eigenvalue weighted by molar-refractivity contribution is -0.150. The highest BCUT2D eigenvalue weighted by Gasteiger charge is 2.54. The number of amides is 2. The molecular formula is C22H24N6O8S2. The predicted molar refractivity (Wildman–Crippen MR) is 134 cm³/mol. The summed E-state index contributed by atoms with van der Waals surface area (Å²) in [5.74, 6) is -2.55. The Morgan fingerprint density at radius 2 is 1.97 bits per heavy atom. The number of carboxylic acids is 2. The number of β-lactam (4-membered cyclic amide) rings is 1. The maximum atomic E-state index is 12.9. The number of thioether (sulfide) groups is 2. The number of carbonyl (C=O) groups is 4. The van der Waals surface area contributed by atoms with Crippen molar-refractivity contribution < 1.29 is 39.2 Å². The van der Waals surface area contributed by atoms with Gasteiger partial charge in [-0.3, -0.25) is 14.5 Å². The number of hydrogen-bond acceptors (Lipinski definition) is 11. The maximum Gasteiger partial charge on any atom is 0.352 e. The summed E-state index contributed by atoms with van der Waals surface area (Å²) < 4.78 is 6.65. The number of nitrogens with zero attached hydrogens (tertiary/aromatic N) is 4. The summed E-state index contributed by atoms with van der Waals surface area (Å²) >= 11 is 2.55. The fraction of sp³-hybridized carbons (Fsp3) is 0.364. The molecule has 2 unspecified atom stereocenters. The van der Waals surface area contributed by atoms with Crippen molar-refractivity contribution in [3.63, 3.8) is 0 Å². The van der Waals surface area contributed by atoms with Crippen LogP contribution in [0.15, 0.2) is 40.7 Å². The summed E-state index contributed by atoms with van der Waals surface area (Å²) in [4.78, 5) is 49.5. The molecule has 38 heavy (non-hydrogen) atoms. The zero-order valence-electron chi connectivity index (χ0n) is 19.9. The second-order valence-electron chi connectivity index (χ2n) is 8.36. The van der Waals surface area contributed by atoms with Crippen molar-refractivity contribution in [3.05, 3.63) is 46.9 Å².